The van der Waals surface area contributed by atoms with Gasteiger partial charge in [-0.1, -0.05) is 42.5 Å². The summed E-state index contributed by atoms with van der Waals surface area (Å²) in [4.78, 5) is 25.6. The zero-order valence-corrected chi connectivity index (χ0v) is 16.2. The van der Waals surface area contributed by atoms with Crippen molar-refractivity contribution in [2.75, 3.05) is 26.2 Å². The van der Waals surface area contributed by atoms with E-state index in [1.165, 1.54) is 15.7 Å². The summed E-state index contributed by atoms with van der Waals surface area (Å²) in [5, 5.41) is 5.50. The summed E-state index contributed by atoms with van der Waals surface area (Å²) in [6.45, 7) is 6.41. The first kappa shape index (κ1) is 19.4. The molecule has 2 aromatic rings. The Morgan fingerprint density at radius 1 is 1.15 bits per heavy atom. The number of amides is 1. The summed E-state index contributed by atoms with van der Waals surface area (Å²) >= 11 is 0. The maximum atomic E-state index is 12.5. The molecule has 2 N–H and O–H groups in total. The number of hydrogen-bond donors (Lipinski definition) is 2. The van der Waals surface area contributed by atoms with Gasteiger partial charge in [-0.2, -0.15) is 0 Å². The minimum atomic E-state index is -0.0921. The van der Waals surface area contributed by atoms with Crippen molar-refractivity contribution < 1.29 is 19.2 Å². The molecule has 0 bridgehead atoms. The number of rotatable bonds is 6. The number of quaternary nitrogens is 1. The van der Waals surface area contributed by atoms with Crippen LogP contribution in [0.15, 0.2) is 42.5 Å². The molecule has 1 amide bonds. The van der Waals surface area contributed by atoms with Crippen LogP contribution in [0.5, 0.6) is 0 Å². The van der Waals surface area contributed by atoms with Crippen LogP contribution in [-0.2, 0) is 14.3 Å². The molecule has 144 valence electrons. The molecule has 1 heterocycles. The standard InChI is InChI=1S/C22H28N2O3/c1-3-27-22(26)18-11-13-24(14-12-18)15-21(25)23-16(2)19-10-6-8-17-7-4-5-9-20(17)19/h4-10,16,18H,3,11-15H2,1-2H3,(H,23,25)/p+1/t16-/m1/s1. The molecule has 5 heteroatoms. The number of benzene rings is 2. The molecular formula is C22H29N2O3+. The van der Waals surface area contributed by atoms with Crippen molar-refractivity contribution in [3.8, 4) is 0 Å². The summed E-state index contributed by atoms with van der Waals surface area (Å²) in [5.41, 5.74) is 1.14. The Kier molecular flexibility index (Phi) is 6.45. The minimum Gasteiger partial charge on any atom is -0.466 e. The van der Waals surface area contributed by atoms with E-state index >= 15 is 0 Å². The van der Waals surface area contributed by atoms with Crippen LogP contribution in [0, 0.1) is 5.92 Å². The van der Waals surface area contributed by atoms with E-state index in [2.05, 4.69) is 29.6 Å². The van der Waals surface area contributed by atoms with Gasteiger partial charge in [-0.3, -0.25) is 9.59 Å². The number of carbonyl (C=O) groups excluding carboxylic acids is 2. The van der Waals surface area contributed by atoms with E-state index in [-0.39, 0.29) is 23.8 Å². The molecule has 0 unspecified atom stereocenters. The van der Waals surface area contributed by atoms with Crippen molar-refractivity contribution in [2.45, 2.75) is 32.7 Å². The van der Waals surface area contributed by atoms with Gasteiger partial charge in [0.15, 0.2) is 6.54 Å². The number of ether oxygens (including phenoxy) is 1. The normalized spacial score (nSPS) is 20.8. The van der Waals surface area contributed by atoms with Gasteiger partial charge >= 0.3 is 5.97 Å². The second-order valence-electron chi connectivity index (χ2n) is 7.31. The smallest absolute Gasteiger partial charge is 0.309 e. The molecule has 1 aliphatic rings. The number of carbonyl (C=O) groups is 2. The van der Waals surface area contributed by atoms with Crippen LogP contribution in [0.1, 0.15) is 38.3 Å². The number of esters is 1. The highest BCUT2D eigenvalue weighted by molar-refractivity contribution is 5.87. The fourth-order valence-electron chi connectivity index (χ4n) is 3.92. The lowest BCUT2D eigenvalue weighted by Crippen LogP contribution is -3.14. The van der Waals surface area contributed by atoms with E-state index in [0.717, 1.165) is 31.5 Å². The second-order valence-corrected chi connectivity index (χ2v) is 7.31. The number of likely N-dealkylation sites (tertiary alicyclic amines) is 1. The van der Waals surface area contributed by atoms with Crippen molar-refractivity contribution >= 4 is 22.6 Å². The first-order chi connectivity index (χ1) is 13.1. The monoisotopic (exact) mass is 369 g/mol. The van der Waals surface area contributed by atoms with Crippen molar-refractivity contribution in [3.05, 3.63) is 48.0 Å². The van der Waals surface area contributed by atoms with Gasteiger partial charge in [-0.25, -0.2) is 0 Å². The quantitative estimate of drug-likeness (QED) is 0.765. The average molecular weight is 369 g/mol. The molecular weight excluding hydrogens is 340 g/mol. The summed E-state index contributed by atoms with van der Waals surface area (Å²) in [7, 11) is 0. The van der Waals surface area contributed by atoms with Crippen molar-refractivity contribution in [3.63, 3.8) is 0 Å². The summed E-state index contributed by atoms with van der Waals surface area (Å²) in [6, 6.07) is 14.4. The number of hydrogen-bond acceptors (Lipinski definition) is 3. The van der Waals surface area contributed by atoms with E-state index in [1.807, 2.05) is 32.0 Å². The second kappa shape index (κ2) is 9.00. The third-order valence-corrected chi connectivity index (χ3v) is 5.39. The van der Waals surface area contributed by atoms with E-state index in [4.69, 9.17) is 4.74 Å². The van der Waals surface area contributed by atoms with E-state index in [9.17, 15) is 9.59 Å². The van der Waals surface area contributed by atoms with Gasteiger partial charge in [0.25, 0.3) is 5.91 Å². The minimum absolute atomic E-state index is 0.00799. The van der Waals surface area contributed by atoms with E-state index in [1.54, 1.807) is 0 Å². The largest absolute Gasteiger partial charge is 0.466 e. The molecule has 0 saturated carbocycles. The molecule has 1 fully saturated rings. The van der Waals surface area contributed by atoms with Crippen LogP contribution in [0.2, 0.25) is 0 Å². The lowest BCUT2D eigenvalue weighted by Gasteiger charge is -2.28. The average Bonchev–Trinajstić information content (AvgIpc) is 2.68. The molecule has 2 aromatic carbocycles. The Labute approximate surface area is 160 Å². The molecule has 1 atom stereocenters. The lowest BCUT2D eigenvalue weighted by molar-refractivity contribution is -0.897. The maximum absolute atomic E-state index is 12.5. The summed E-state index contributed by atoms with van der Waals surface area (Å²) < 4.78 is 5.11. The van der Waals surface area contributed by atoms with Crippen LogP contribution in [0.3, 0.4) is 0 Å². The Balaban J connectivity index is 1.53. The zero-order valence-electron chi connectivity index (χ0n) is 16.2. The van der Waals surface area contributed by atoms with E-state index < -0.39 is 0 Å². The first-order valence-electron chi connectivity index (χ1n) is 9.85. The summed E-state index contributed by atoms with van der Waals surface area (Å²) in [5.74, 6) is -0.0445. The molecule has 5 nitrogen and oxygen atoms in total. The SMILES string of the molecule is CCOC(=O)C1CC[NH+](CC(=O)N[C@H](C)c2cccc3ccccc23)CC1. The lowest BCUT2D eigenvalue weighted by atomic mass is 9.97. The number of nitrogens with one attached hydrogen (secondary N) is 2. The molecule has 0 spiro atoms. The van der Waals surface area contributed by atoms with Crippen molar-refractivity contribution in [2.24, 2.45) is 5.92 Å². The number of piperidine rings is 1. The highest BCUT2D eigenvalue weighted by Crippen LogP contribution is 2.23. The zero-order chi connectivity index (χ0) is 19.2. The highest BCUT2D eigenvalue weighted by Gasteiger charge is 2.29. The van der Waals surface area contributed by atoms with Crippen LogP contribution in [-0.4, -0.2) is 38.1 Å². The topological polar surface area (TPSA) is 59.8 Å². The van der Waals surface area contributed by atoms with Gasteiger partial charge in [0, 0.05) is 12.8 Å². The fourth-order valence-corrected chi connectivity index (χ4v) is 3.92. The van der Waals surface area contributed by atoms with Crippen LogP contribution in [0.25, 0.3) is 10.8 Å². The predicted molar refractivity (Wildman–Crippen MR) is 105 cm³/mol. The molecule has 0 aromatic heterocycles. The Morgan fingerprint density at radius 2 is 1.85 bits per heavy atom. The Morgan fingerprint density at radius 3 is 2.59 bits per heavy atom. The molecule has 27 heavy (non-hydrogen) atoms. The molecule has 0 radical (unpaired) electrons. The van der Waals surface area contributed by atoms with Gasteiger partial charge in [-0.15, -0.1) is 0 Å². The van der Waals surface area contributed by atoms with Crippen LogP contribution >= 0.6 is 0 Å². The predicted octanol–water partition coefficient (Wildman–Crippen LogP) is 1.88. The van der Waals surface area contributed by atoms with Gasteiger partial charge in [-0.05, 0) is 30.2 Å². The van der Waals surface area contributed by atoms with Gasteiger partial charge in [0.05, 0.1) is 31.7 Å². The Hall–Kier alpha value is -2.40. The molecule has 1 aliphatic heterocycles. The number of fused-ring (bicyclic) bond motifs is 1. The Bertz CT molecular complexity index is 792. The first-order valence-corrected chi connectivity index (χ1v) is 9.85. The third kappa shape index (κ3) is 4.86. The maximum Gasteiger partial charge on any atom is 0.309 e. The van der Waals surface area contributed by atoms with Crippen LogP contribution in [0.4, 0.5) is 0 Å². The van der Waals surface area contributed by atoms with Crippen molar-refractivity contribution in [1.29, 1.82) is 0 Å². The molecule has 3 rings (SSSR count). The van der Waals surface area contributed by atoms with E-state index in [0.29, 0.717) is 13.2 Å². The highest BCUT2D eigenvalue weighted by atomic mass is 16.5. The van der Waals surface area contributed by atoms with Crippen molar-refractivity contribution in [1.82, 2.24) is 5.32 Å². The van der Waals surface area contributed by atoms with Gasteiger partial charge < -0.3 is 15.0 Å². The third-order valence-electron chi connectivity index (χ3n) is 5.39. The fraction of sp³-hybridized carbons (Fsp3) is 0.455. The summed E-state index contributed by atoms with van der Waals surface area (Å²) in [6.07, 6.45) is 1.58. The van der Waals surface area contributed by atoms with Gasteiger partial charge in [0.1, 0.15) is 0 Å². The molecule has 0 aliphatic carbocycles. The van der Waals surface area contributed by atoms with Gasteiger partial charge in [0.2, 0.25) is 0 Å². The van der Waals surface area contributed by atoms with Crippen LogP contribution < -0.4 is 10.2 Å². The molecule has 1 saturated heterocycles.